The number of benzene rings is 1. The van der Waals surface area contributed by atoms with Gasteiger partial charge in [0, 0.05) is 18.8 Å². The summed E-state index contributed by atoms with van der Waals surface area (Å²) in [5.74, 6) is -3.04. The van der Waals surface area contributed by atoms with Gasteiger partial charge in [0.1, 0.15) is 23.5 Å². The fraction of sp³-hybridized carbons (Fsp3) is 0.650. The van der Waals surface area contributed by atoms with Crippen LogP contribution in [0.25, 0.3) is 0 Å². The van der Waals surface area contributed by atoms with E-state index >= 15 is 0 Å². The highest BCUT2D eigenvalue weighted by molar-refractivity contribution is 7.92. The van der Waals surface area contributed by atoms with Crippen LogP contribution >= 0.6 is 0 Å². The molecule has 5 atom stereocenters. The van der Waals surface area contributed by atoms with Crippen LogP contribution in [0.1, 0.15) is 97.1 Å². The molecule has 2 saturated carbocycles. The van der Waals surface area contributed by atoms with Crippen LogP contribution in [0, 0.1) is 23.2 Å². The number of aliphatic hydroxyl groups excluding tert-OH is 2. The molecule has 11 nitrogen and oxygen atoms in total. The van der Waals surface area contributed by atoms with Gasteiger partial charge in [0.05, 0.1) is 29.2 Å². The lowest BCUT2D eigenvalue weighted by Gasteiger charge is -2.33. The normalized spacial score (nSPS) is 18.8. The molecule has 2 aliphatic rings. The quantitative estimate of drug-likeness (QED) is 0.162. The summed E-state index contributed by atoms with van der Waals surface area (Å²) < 4.78 is 31.8. The van der Waals surface area contributed by atoms with Crippen molar-refractivity contribution in [3.8, 4) is 0 Å². The number of carbonyl (C=O) groups is 3. The zero-order chi connectivity index (χ0) is 38.1. The van der Waals surface area contributed by atoms with E-state index in [1.165, 1.54) is 13.8 Å². The third kappa shape index (κ3) is 12.1. The van der Waals surface area contributed by atoms with Crippen LogP contribution < -0.4 is 10.6 Å². The van der Waals surface area contributed by atoms with Crippen LogP contribution in [-0.4, -0.2) is 82.8 Å². The van der Waals surface area contributed by atoms with Crippen LogP contribution in [0.2, 0.25) is 0 Å². The van der Waals surface area contributed by atoms with Crippen molar-refractivity contribution in [1.82, 2.24) is 15.6 Å². The zero-order valence-corrected chi connectivity index (χ0v) is 32.2. The van der Waals surface area contributed by atoms with Crippen LogP contribution in [0.3, 0.4) is 0 Å². The Morgan fingerprint density at radius 3 is 2.12 bits per heavy atom. The van der Waals surface area contributed by atoms with E-state index in [9.17, 15) is 33.0 Å². The van der Waals surface area contributed by atoms with Gasteiger partial charge in [-0.3, -0.25) is 19.4 Å². The van der Waals surface area contributed by atoms with Gasteiger partial charge in [-0.25, -0.2) is 8.42 Å². The lowest BCUT2D eigenvalue weighted by atomic mass is 9.82. The lowest BCUT2D eigenvalue weighted by Crippen LogP contribution is -2.57. The van der Waals surface area contributed by atoms with Crippen molar-refractivity contribution >= 4 is 27.6 Å². The first kappa shape index (κ1) is 41.4. The SMILES string of the molecule is CC(C)(C)C(=O)OCC(C)(C)S(=O)(=O)CC(Cc1ccccc1)C(=O)N[C@@H](Cc1cccnc1)C(=O)N[C@@H](CC1CCCCC1)[C@@H](O)[C@@H](O)C1CC1. The van der Waals surface area contributed by atoms with Gasteiger partial charge < -0.3 is 25.6 Å². The van der Waals surface area contributed by atoms with E-state index in [1.54, 1.807) is 57.4 Å². The average molecular weight is 742 g/mol. The standard InChI is InChI=1S/C40H59N3O8S/c1-39(2,3)38(48)51-26-40(4,5)52(49,50)25-31(21-27-13-8-6-9-14-27)36(46)43-33(23-29-17-12-20-41-24-29)37(47)42-32(22-28-15-10-7-11-16-28)35(45)34(44)30-18-19-30/h6,8-9,12-14,17,20,24,28,30-35,44-45H,7,10-11,15-16,18-19,21-23,25-26H2,1-5H3,(H,42,47)(H,43,46)/t31?,32-,33-,34-,35+/m0/s1. The molecule has 1 unspecified atom stereocenters. The molecular weight excluding hydrogens is 683 g/mol. The molecule has 2 amide bonds. The lowest BCUT2D eigenvalue weighted by molar-refractivity contribution is -0.153. The average Bonchev–Trinajstić information content (AvgIpc) is 3.96. The molecule has 0 aliphatic heterocycles. The summed E-state index contributed by atoms with van der Waals surface area (Å²) in [5, 5.41) is 28.1. The van der Waals surface area contributed by atoms with Gasteiger partial charge >= 0.3 is 5.97 Å². The first-order valence-corrected chi connectivity index (χ1v) is 20.4. The Labute approximate surface area is 309 Å². The van der Waals surface area contributed by atoms with Gasteiger partial charge in [0.25, 0.3) is 0 Å². The number of esters is 1. The van der Waals surface area contributed by atoms with Crippen LogP contribution in [-0.2, 0) is 41.8 Å². The number of nitrogens with zero attached hydrogens (tertiary/aromatic N) is 1. The molecule has 2 aliphatic carbocycles. The maximum Gasteiger partial charge on any atom is 0.311 e. The summed E-state index contributed by atoms with van der Waals surface area (Å²) in [5.41, 5.74) is 0.605. The fourth-order valence-electron chi connectivity index (χ4n) is 6.72. The van der Waals surface area contributed by atoms with E-state index in [-0.39, 0.29) is 31.3 Å². The summed E-state index contributed by atoms with van der Waals surface area (Å²) in [6.45, 7) is 7.62. The van der Waals surface area contributed by atoms with E-state index in [4.69, 9.17) is 4.74 Å². The van der Waals surface area contributed by atoms with Crippen LogP contribution in [0.15, 0.2) is 54.9 Å². The largest absolute Gasteiger partial charge is 0.464 e. The molecule has 0 spiro atoms. The minimum Gasteiger partial charge on any atom is -0.464 e. The number of hydrogen-bond donors (Lipinski definition) is 4. The van der Waals surface area contributed by atoms with Gasteiger partial charge in [-0.2, -0.15) is 0 Å². The van der Waals surface area contributed by atoms with Crippen LogP contribution in [0.4, 0.5) is 0 Å². The highest BCUT2D eigenvalue weighted by atomic mass is 32.2. The maximum atomic E-state index is 14.3. The van der Waals surface area contributed by atoms with Crippen molar-refractivity contribution in [2.75, 3.05) is 12.4 Å². The topological polar surface area (TPSA) is 172 Å². The van der Waals surface area contributed by atoms with Gasteiger partial charge in [-0.05, 0) is 89.3 Å². The Morgan fingerprint density at radius 1 is 0.865 bits per heavy atom. The summed E-state index contributed by atoms with van der Waals surface area (Å²) in [7, 11) is -4.05. The molecule has 0 saturated heterocycles. The molecule has 4 rings (SSSR count). The smallest absolute Gasteiger partial charge is 0.311 e. The highest BCUT2D eigenvalue weighted by Gasteiger charge is 2.42. The number of ether oxygens (including phenoxy) is 1. The number of pyridine rings is 1. The van der Waals surface area contributed by atoms with Gasteiger partial charge in [-0.15, -0.1) is 0 Å². The number of amides is 2. The summed E-state index contributed by atoms with van der Waals surface area (Å²) in [6.07, 6.45) is 8.65. The molecule has 1 aromatic carbocycles. The van der Waals surface area contributed by atoms with E-state index in [1.807, 2.05) is 18.2 Å². The number of sulfone groups is 1. The van der Waals surface area contributed by atoms with E-state index in [0.717, 1.165) is 50.5 Å². The Kier molecular flexibility index (Phi) is 14.4. The Balaban J connectivity index is 1.59. The summed E-state index contributed by atoms with van der Waals surface area (Å²) in [6, 6.07) is 10.7. The van der Waals surface area contributed by atoms with Crippen molar-refractivity contribution in [3.05, 3.63) is 66.0 Å². The zero-order valence-electron chi connectivity index (χ0n) is 31.4. The first-order valence-electron chi connectivity index (χ1n) is 18.8. The monoisotopic (exact) mass is 741 g/mol. The molecule has 2 aromatic rings. The second-order valence-electron chi connectivity index (χ2n) is 16.6. The minimum atomic E-state index is -4.05. The predicted octanol–water partition coefficient (Wildman–Crippen LogP) is 4.34. The molecule has 2 fully saturated rings. The molecule has 0 radical (unpaired) electrons. The number of aliphatic hydroxyl groups is 2. The van der Waals surface area contributed by atoms with E-state index in [2.05, 4.69) is 15.6 Å². The Hall–Kier alpha value is -3.35. The van der Waals surface area contributed by atoms with Crippen molar-refractivity contribution < 1.29 is 37.8 Å². The molecule has 0 bridgehead atoms. The number of rotatable bonds is 18. The summed E-state index contributed by atoms with van der Waals surface area (Å²) in [4.78, 5) is 45.1. The molecule has 52 heavy (non-hydrogen) atoms. The first-order chi connectivity index (χ1) is 24.5. The molecule has 1 aromatic heterocycles. The summed E-state index contributed by atoms with van der Waals surface area (Å²) >= 11 is 0. The predicted molar refractivity (Wildman–Crippen MR) is 200 cm³/mol. The van der Waals surface area contributed by atoms with Gasteiger partial charge in [0.2, 0.25) is 11.8 Å². The Morgan fingerprint density at radius 2 is 1.52 bits per heavy atom. The number of hydrogen-bond acceptors (Lipinski definition) is 9. The van der Waals surface area contributed by atoms with Crippen molar-refractivity contribution in [2.45, 2.75) is 128 Å². The molecule has 288 valence electrons. The van der Waals surface area contributed by atoms with Gasteiger partial charge in [-0.1, -0.05) is 68.5 Å². The maximum absolute atomic E-state index is 14.3. The van der Waals surface area contributed by atoms with Gasteiger partial charge in [0.15, 0.2) is 9.84 Å². The third-order valence-corrected chi connectivity index (χ3v) is 13.1. The second-order valence-corrected chi connectivity index (χ2v) is 19.2. The fourth-order valence-corrected chi connectivity index (χ4v) is 8.21. The number of carbonyl (C=O) groups excluding carboxylic acids is 3. The van der Waals surface area contributed by atoms with Crippen molar-refractivity contribution in [1.29, 1.82) is 0 Å². The second kappa shape index (κ2) is 18.1. The Bertz CT molecular complexity index is 1570. The van der Waals surface area contributed by atoms with Crippen molar-refractivity contribution in [3.63, 3.8) is 0 Å². The molecule has 12 heteroatoms. The van der Waals surface area contributed by atoms with E-state index in [0.29, 0.717) is 12.0 Å². The third-order valence-electron chi connectivity index (χ3n) is 10.4. The molecule has 4 N–H and O–H groups in total. The number of nitrogens with one attached hydrogen (secondary N) is 2. The highest BCUT2D eigenvalue weighted by Crippen LogP contribution is 2.36. The van der Waals surface area contributed by atoms with Crippen LogP contribution in [0.5, 0.6) is 0 Å². The molecule has 1 heterocycles. The molecular formula is C40H59N3O8S. The minimum absolute atomic E-state index is 0.00595. The van der Waals surface area contributed by atoms with E-state index < -0.39 is 73.7 Å². The van der Waals surface area contributed by atoms with Crippen molar-refractivity contribution in [2.24, 2.45) is 23.2 Å². The number of aromatic nitrogens is 1.